The minimum Gasteiger partial charge on any atom is -0.345 e. The number of rotatable bonds is 4. The minimum absolute atomic E-state index is 0.207. The average molecular weight is 316 g/mol. The lowest BCUT2D eigenvalue weighted by Crippen LogP contribution is -2.46. The topological polar surface area (TPSA) is 18.5 Å². The third kappa shape index (κ3) is 2.46. The Labute approximate surface area is 96.6 Å². The van der Waals surface area contributed by atoms with E-state index in [-0.39, 0.29) is 9.65 Å². The summed E-state index contributed by atoms with van der Waals surface area (Å²) in [4.78, 5) is 0.472. The highest BCUT2D eigenvalue weighted by molar-refractivity contribution is 9.10. The van der Waals surface area contributed by atoms with Crippen molar-refractivity contribution >= 4 is 31.9 Å². The van der Waals surface area contributed by atoms with Gasteiger partial charge >= 0.3 is 0 Å². The van der Waals surface area contributed by atoms with Crippen molar-refractivity contribution in [1.29, 1.82) is 0 Å². The van der Waals surface area contributed by atoms with Gasteiger partial charge in [0.2, 0.25) is 0 Å². The highest BCUT2D eigenvalue weighted by atomic mass is 79.9. The van der Waals surface area contributed by atoms with E-state index in [0.29, 0.717) is 13.2 Å². The fraction of sp³-hybridized carbons (Fsp3) is 1.00. The SMILES string of the molecule is CCCC(Br)C1(C(C)Br)OCCO1. The summed E-state index contributed by atoms with van der Waals surface area (Å²) in [5.41, 5.74) is 0. The Balaban J connectivity index is 2.66. The maximum atomic E-state index is 5.70. The summed E-state index contributed by atoms with van der Waals surface area (Å²) in [6, 6.07) is 0. The van der Waals surface area contributed by atoms with Crippen molar-refractivity contribution in [3.8, 4) is 0 Å². The number of alkyl halides is 2. The molecule has 0 aromatic carbocycles. The zero-order valence-corrected chi connectivity index (χ0v) is 11.2. The highest BCUT2D eigenvalue weighted by Gasteiger charge is 2.46. The molecule has 0 N–H and O–H groups in total. The molecule has 0 bridgehead atoms. The van der Waals surface area contributed by atoms with Crippen molar-refractivity contribution in [3.05, 3.63) is 0 Å². The largest absolute Gasteiger partial charge is 0.345 e. The van der Waals surface area contributed by atoms with Crippen LogP contribution < -0.4 is 0 Å². The highest BCUT2D eigenvalue weighted by Crippen LogP contribution is 2.37. The number of hydrogen-bond acceptors (Lipinski definition) is 2. The van der Waals surface area contributed by atoms with Crippen LogP contribution in [-0.4, -0.2) is 28.7 Å². The van der Waals surface area contributed by atoms with Crippen LogP contribution in [0.15, 0.2) is 0 Å². The molecule has 78 valence electrons. The molecule has 2 atom stereocenters. The molecule has 0 saturated carbocycles. The van der Waals surface area contributed by atoms with Crippen LogP contribution in [0.2, 0.25) is 0 Å². The third-order valence-corrected chi connectivity index (χ3v) is 4.01. The zero-order chi connectivity index (χ0) is 9.90. The predicted molar refractivity (Wildman–Crippen MR) is 60.6 cm³/mol. The molecule has 13 heavy (non-hydrogen) atoms. The lowest BCUT2D eigenvalue weighted by Gasteiger charge is -2.34. The van der Waals surface area contributed by atoms with Crippen molar-refractivity contribution in [1.82, 2.24) is 0 Å². The summed E-state index contributed by atoms with van der Waals surface area (Å²) in [5, 5.41) is 0. The van der Waals surface area contributed by atoms with Crippen LogP contribution >= 0.6 is 31.9 Å². The smallest absolute Gasteiger partial charge is 0.193 e. The van der Waals surface area contributed by atoms with Gasteiger partial charge < -0.3 is 9.47 Å². The zero-order valence-electron chi connectivity index (χ0n) is 8.06. The van der Waals surface area contributed by atoms with E-state index in [9.17, 15) is 0 Å². The molecule has 1 rings (SSSR count). The van der Waals surface area contributed by atoms with Gasteiger partial charge in [0, 0.05) is 0 Å². The van der Waals surface area contributed by atoms with Crippen LogP contribution in [0.25, 0.3) is 0 Å². The molecular weight excluding hydrogens is 300 g/mol. The van der Waals surface area contributed by atoms with Crippen LogP contribution in [0.3, 0.4) is 0 Å². The molecule has 0 aromatic heterocycles. The van der Waals surface area contributed by atoms with Crippen LogP contribution in [-0.2, 0) is 9.47 Å². The summed E-state index contributed by atoms with van der Waals surface area (Å²) in [7, 11) is 0. The summed E-state index contributed by atoms with van der Waals surface area (Å²) in [5.74, 6) is -0.462. The molecule has 1 aliphatic rings. The first-order valence-electron chi connectivity index (χ1n) is 4.69. The van der Waals surface area contributed by atoms with Crippen molar-refractivity contribution < 1.29 is 9.47 Å². The standard InChI is InChI=1S/C9H16Br2O2/c1-3-4-8(11)9(7(2)10)12-5-6-13-9/h7-8H,3-6H2,1-2H3. The predicted octanol–water partition coefficient (Wildman–Crippen LogP) is 3.08. The van der Waals surface area contributed by atoms with Gasteiger partial charge in [-0.3, -0.25) is 0 Å². The van der Waals surface area contributed by atoms with Crippen molar-refractivity contribution in [2.75, 3.05) is 13.2 Å². The third-order valence-electron chi connectivity index (χ3n) is 2.27. The minimum atomic E-state index is -0.462. The second-order valence-corrected chi connectivity index (χ2v) is 5.77. The van der Waals surface area contributed by atoms with Crippen LogP contribution in [0, 0.1) is 0 Å². The Morgan fingerprint density at radius 2 is 1.85 bits per heavy atom. The van der Waals surface area contributed by atoms with E-state index in [4.69, 9.17) is 9.47 Å². The summed E-state index contributed by atoms with van der Waals surface area (Å²) in [6.45, 7) is 5.62. The van der Waals surface area contributed by atoms with E-state index in [1.165, 1.54) is 0 Å². The van der Waals surface area contributed by atoms with Crippen LogP contribution in [0.5, 0.6) is 0 Å². The van der Waals surface area contributed by atoms with Gasteiger partial charge in [-0.05, 0) is 13.3 Å². The van der Waals surface area contributed by atoms with E-state index < -0.39 is 5.79 Å². The van der Waals surface area contributed by atoms with E-state index >= 15 is 0 Å². The lowest BCUT2D eigenvalue weighted by molar-refractivity contribution is -0.152. The maximum Gasteiger partial charge on any atom is 0.193 e. The maximum absolute atomic E-state index is 5.70. The Hall–Kier alpha value is 0.880. The van der Waals surface area contributed by atoms with E-state index in [2.05, 4.69) is 45.7 Å². The summed E-state index contributed by atoms with van der Waals surface area (Å²) >= 11 is 7.19. The number of ether oxygens (including phenoxy) is 2. The molecule has 1 aliphatic heterocycles. The molecule has 1 heterocycles. The van der Waals surface area contributed by atoms with Gasteiger partial charge in [-0.1, -0.05) is 45.2 Å². The molecule has 1 fully saturated rings. The van der Waals surface area contributed by atoms with Gasteiger partial charge in [-0.25, -0.2) is 0 Å². The summed E-state index contributed by atoms with van der Waals surface area (Å²) < 4.78 is 11.4. The van der Waals surface area contributed by atoms with E-state index in [0.717, 1.165) is 12.8 Å². The van der Waals surface area contributed by atoms with Crippen molar-refractivity contribution in [3.63, 3.8) is 0 Å². The fourth-order valence-electron chi connectivity index (χ4n) is 1.56. The first-order valence-corrected chi connectivity index (χ1v) is 6.52. The van der Waals surface area contributed by atoms with E-state index in [1.54, 1.807) is 0 Å². The Kier molecular flexibility index (Phi) is 4.69. The molecule has 0 spiro atoms. The van der Waals surface area contributed by atoms with Crippen molar-refractivity contribution in [2.24, 2.45) is 0 Å². The lowest BCUT2D eigenvalue weighted by atomic mass is 10.1. The first-order chi connectivity index (χ1) is 6.13. The summed E-state index contributed by atoms with van der Waals surface area (Å²) in [6.07, 6.45) is 2.19. The Morgan fingerprint density at radius 3 is 2.23 bits per heavy atom. The second-order valence-electron chi connectivity index (χ2n) is 3.29. The number of halogens is 2. The Bertz CT molecular complexity index is 156. The quantitative estimate of drug-likeness (QED) is 0.742. The van der Waals surface area contributed by atoms with Crippen LogP contribution in [0.1, 0.15) is 26.7 Å². The molecular formula is C9H16Br2O2. The first kappa shape index (κ1) is 12.0. The second kappa shape index (κ2) is 5.10. The normalized spacial score (nSPS) is 25.8. The molecule has 0 radical (unpaired) electrons. The van der Waals surface area contributed by atoms with Gasteiger partial charge in [0.25, 0.3) is 0 Å². The molecule has 2 unspecified atom stereocenters. The van der Waals surface area contributed by atoms with Crippen LogP contribution in [0.4, 0.5) is 0 Å². The Morgan fingerprint density at radius 1 is 1.31 bits per heavy atom. The molecule has 1 saturated heterocycles. The van der Waals surface area contributed by atoms with Gasteiger partial charge in [-0.15, -0.1) is 0 Å². The van der Waals surface area contributed by atoms with Crippen molar-refractivity contribution in [2.45, 2.75) is 42.1 Å². The molecule has 0 aromatic rings. The van der Waals surface area contributed by atoms with Gasteiger partial charge in [-0.2, -0.15) is 0 Å². The molecule has 2 nitrogen and oxygen atoms in total. The van der Waals surface area contributed by atoms with E-state index in [1.807, 2.05) is 0 Å². The fourth-order valence-corrected chi connectivity index (χ4v) is 3.62. The van der Waals surface area contributed by atoms with Gasteiger partial charge in [0.15, 0.2) is 5.79 Å². The average Bonchev–Trinajstić information content (AvgIpc) is 2.53. The molecule has 0 aliphatic carbocycles. The molecule has 4 heteroatoms. The monoisotopic (exact) mass is 314 g/mol. The number of hydrogen-bond donors (Lipinski definition) is 0. The van der Waals surface area contributed by atoms with Gasteiger partial charge in [0.1, 0.15) is 0 Å². The molecule has 0 amide bonds. The van der Waals surface area contributed by atoms with Gasteiger partial charge in [0.05, 0.1) is 22.9 Å².